The van der Waals surface area contributed by atoms with Crippen molar-refractivity contribution in [3.63, 3.8) is 0 Å². The van der Waals surface area contributed by atoms with E-state index in [9.17, 15) is 9.59 Å². The summed E-state index contributed by atoms with van der Waals surface area (Å²) in [4.78, 5) is 30.3. The summed E-state index contributed by atoms with van der Waals surface area (Å²) in [6.07, 6.45) is 3.77. The minimum atomic E-state index is -0.104. The van der Waals surface area contributed by atoms with Gasteiger partial charge in [-0.2, -0.15) is 5.10 Å². The second kappa shape index (κ2) is 6.31. The van der Waals surface area contributed by atoms with Gasteiger partial charge < -0.3 is 9.80 Å². The summed E-state index contributed by atoms with van der Waals surface area (Å²) in [5, 5.41) is 4.20. The molecule has 0 N–H and O–H groups in total. The monoisotopic (exact) mass is 319 g/mol. The Labute approximate surface area is 136 Å². The largest absolute Gasteiger partial charge is 0.347 e. The number of likely N-dealkylation sites (tertiary alicyclic amines) is 2. The normalized spacial score (nSPS) is 24.8. The molecule has 7 nitrogen and oxygen atoms in total. The Morgan fingerprint density at radius 3 is 2.87 bits per heavy atom. The average Bonchev–Trinajstić information content (AvgIpc) is 2.91. The van der Waals surface area contributed by atoms with Crippen LogP contribution in [-0.4, -0.2) is 76.1 Å². The zero-order valence-corrected chi connectivity index (χ0v) is 14.1. The number of amides is 2. The van der Waals surface area contributed by atoms with Gasteiger partial charge in [0.05, 0.1) is 18.3 Å². The van der Waals surface area contributed by atoms with Crippen LogP contribution < -0.4 is 0 Å². The highest BCUT2D eigenvalue weighted by Crippen LogP contribution is 2.30. The van der Waals surface area contributed by atoms with E-state index in [-0.39, 0.29) is 24.4 Å². The van der Waals surface area contributed by atoms with E-state index in [2.05, 4.69) is 10.00 Å². The number of aromatic nitrogens is 2. The van der Waals surface area contributed by atoms with Crippen molar-refractivity contribution in [1.29, 1.82) is 0 Å². The Morgan fingerprint density at radius 1 is 1.43 bits per heavy atom. The first-order valence-corrected chi connectivity index (χ1v) is 8.15. The third kappa shape index (κ3) is 3.24. The van der Waals surface area contributed by atoms with E-state index in [1.54, 1.807) is 30.1 Å². The first kappa shape index (κ1) is 16.0. The van der Waals surface area contributed by atoms with Crippen LogP contribution in [0.4, 0.5) is 0 Å². The molecule has 2 fully saturated rings. The Kier molecular flexibility index (Phi) is 4.39. The fourth-order valence-electron chi connectivity index (χ4n) is 3.52. The smallest absolute Gasteiger partial charge is 0.241 e. The molecule has 2 amide bonds. The van der Waals surface area contributed by atoms with Crippen molar-refractivity contribution in [3.8, 4) is 0 Å². The fourth-order valence-corrected chi connectivity index (χ4v) is 3.52. The van der Waals surface area contributed by atoms with Gasteiger partial charge in [-0.05, 0) is 31.4 Å². The first-order chi connectivity index (χ1) is 11.0. The summed E-state index contributed by atoms with van der Waals surface area (Å²) in [6.45, 7) is 2.57. The number of fused-ring (bicyclic) bond motifs is 2. The second-order valence-electron chi connectivity index (χ2n) is 6.83. The van der Waals surface area contributed by atoms with Gasteiger partial charge in [-0.25, -0.2) is 0 Å². The molecule has 3 rings (SSSR count). The molecule has 2 aliphatic heterocycles. The number of aryl methyl sites for hydroxylation is 1. The van der Waals surface area contributed by atoms with Gasteiger partial charge >= 0.3 is 0 Å². The number of likely N-dealkylation sites (N-methyl/N-ethyl adjacent to an activating group) is 1. The van der Waals surface area contributed by atoms with Gasteiger partial charge in [0.1, 0.15) is 0 Å². The van der Waals surface area contributed by atoms with Gasteiger partial charge in [-0.3, -0.25) is 19.2 Å². The van der Waals surface area contributed by atoms with Crippen molar-refractivity contribution in [3.05, 3.63) is 18.0 Å². The highest BCUT2D eigenvalue weighted by Gasteiger charge is 2.41. The number of hydrogen-bond donors (Lipinski definition) is 0. The third-order valence-corrected chi connectivity index (χ3v) is 5.01. The number of carbonyl (C=O) groups excluding carboxylic acids is 2. The Bertz CT molecular complexity index is 597. The SMILES string of the molecule is CN(C)C(=O)CN1C[C@H]2CCN(Cc3ccnn3C)[C@H](C2)C1=O. The Balaban J connectivity index is 1.71. The molecular weight excluding hydrogens is 294 g/mol. The molecule has 0 aromatic carbocycles. The van der Waals surface area contributed by atoms with E-state index in [0.29, 0.717) is 12.5 Å². The van der Waals surface area contributed by atoms with Crippen LogP contribution >= 0.6 is 0 Å². The maximum absolute atomic E-state index is 12.8. The van der Waals surface area contributed by atoms with Gasteiger partial charge in [0.25, 0.3) is 0 Å². The molecule has 2 aliphatic rings. The summed E-state index contributed by atoms with van der Waals surface area (Å²) in [5.74, 6) is 0.588. The molecular formula is C16H25N5O2. The molecule has 2 bridgehead atoms. The number of rotatable bonds is 4. The van der Waals surface area contributed by atoms with E-state index in [0.717, 1.165) is 31.6 Å². The van der Waals surface area contributed by atoms with E-state index in [1.165, 1.54) is 0 Å². The van der Waals surface area contributed by atoms with Crippen LogP contribution in [0.3, 0.4) is 0 Å². The van der Waals surface area contributed by atoms with E-state index in [4.69, 9.17) is 0 Å². The molecule has 1 aromatic rings. The zero-order valence-electron chi connectivity index (χ0n) is 14.1. The summed E-state index contributed by atoms with van der Waals surface area (Å²) in [6, 6.07) is 1.89. The lowest BCUT2D eigenvalue weighted by Crippen LogP contribution is -2.59. The quantitative estimate of drug-likeness (QED) is 0.779. The molecule has 0 radical (unpaired) electrons. The molecule has 2 atom stereocenters. The van der Waals surface area contributed by atoms with Crippen LogP contribution in [0.15, 0.2) is 12.3 Å². The summed E-state index contributed by atoms with van der Waals surface area (Å²) < 4.78 is 1.85. The Hall–Kier alpha value is -1.89. The van der Waals surface area contributed by atoms with Crippen molar-refractivity contribution >= 4 is 11.8 Å². The van der Waals surface area contributed by atoms with E-state index < -0.39 is 0 Å². The molecule has 0 spiro atoms. The minimum Gasteiger partial charge on any atom is -0.347 e. The van der Waals surface area contributed by atoms with Crippen molar-refractivity contribution < 1.29 is 9.59 Å². The highest BCUT2D eigenvalue weighted by molar-refractivity contribution is 5.88. The molecule has 126 valence electrons. The van der Waals surface area contributed by atoms with Crippen molar-refractivity contribution in [2.24, 2.45) is 13.0 Å². The maximum atomic E-state index is 12.8. The Morgan fingerprint density at radius 2 is 2.22 bits per heavy atom. The van der Waals surface area contributed by atoms with Crippen LogP contribution in [0.25, 0.3) is 0 Å². The van der Waals surface area contributed by atoms with Crippen LogP contribution in [0, 0.1) is 5.92 Å². The molecule has 23 heavy (non-hydrogen) atoms. The summed E-state index contributed by atoms with van der Waals surface area (Å²) in [7, 11) is 5.38. The van der Waals surface area contributed by atoms with Crippen molar-refractivity contribution in [2.75, 3.05) is 33.7 Å². The standard InChI is InChI=1S/C16H25N5O2/c1-18(2)15(22)11-21-9-12-5-7-20(14(8-12)16(21)23)10-13-4-6-17-19(13)3/h4,6,12,14H,5,7-11H2,1-3H3/t12-,14+/m0/s1. The lowest BCUT2D eigenvalue weighted by molar-refractivity contribution is -0.150. The molecule has 3 heterocycles. The van der Waals surface area contributed by atoms with Crippen LogP contribution in [0.5, 0.6) is 0 Å². The molecule has 0 unspecified atom stereocenters. The van der Waals surface area contributed by atoms with Gasteiger partial charge in [-0.1, -0.05) is 0 Å². The fraction of sp³-hybridized carbons (Fsp3) is 0.688. The predicted octanol–water partition coefficient (Wildman–Crippen LogP) is -0.0689. The molecule has 1 aromatic heterocycles. The second-order valence-corrected chi connectivity index (χ2v) is 6.83. The van der Waals surface area contributed by atoms with Gasteiger partial charge in [0.15, 0.2) is 0 Å². The number of nitrogens with zero attached hydrogens (tertiary/aromatic N) is 5. The van der Waals surface area contributed by atoms with Crippen molar-refractivity contribution in [1.82, 2.24) is 24.5 Å². The third-order valence-electron chi connectivity index (χ3n) is 5.01. The number of carbonyl (C=O) groups is 2. The predicted molar refractivity (Wildman–Crippen MR) is 85.4 cm³/mol. The first-order valence-electron chi connectivity index (χ1n) is 8.15. The number of piperidine rings is 2. The molecule has 0 saturated carbocycles. The van der Waals surface area contributed by atoms with E-state index in [1.807, 2.05) is 17.8 Å². The van der Waals surface area contributed by atoms with Crippen LogP contribution in [-0.2, 0) is 23.2 Å². The lowest BCUT2D eigenvalue weighted by Gasteiger charge is -2.46. The highest BCUT2D eigenvalue weighted by atomic mass is 16.2. The van der Waals surface area contributed by atoms with Gasteiger partial charge in [0, 0.05) is 40.4 Å². The topological polar surface area (TPSA) is 61.7 Å². The molecule has 7 heteroatoms. The summed E-state index contributed by atoms with van der Waals surface area (Å²) in [5.41, 5.74) is 1.11. The summed E-state index contributed by atoms with van der Waals surface area (Å²) >= 11 is 0. The zero-order chi connectivity index (χ0) is 16.6. The molecule has 2 saturated heterocycles. The van der Waals surface area contributed by atoms with Crippen LogP contribution in [0.1, 0.15) is 18.5 Å². The minimum absolute atomic E-state index is 0.0171. The average molecular weight is 319 g/mol. The number of hydrogen-bond acceptors (Lipinski definition) is 4. The lowest BCUT2D eigenvalue weighted by atomic mass is 9.85. The van der Waals surface area contributed by atoms with Crippen molar-refractivity contribution in [2.45, 2.75) is 25.4 Å². The molecule has 0 aliphatic carbocycles. The van der Waals surface area contributed by atoms with Gasteiger partial charge in [-0.15, -0.1) is 0 Å². The van der Waals surface area contributed by atoms with E-state index >= 15 is 0 Å². The van der Waals surface area contributed by atoms with Gasteiger partial charge in [0.2, 0.25) is 11.8 Å². The maximum Gasteiger partial charge on any atom is 0.241 e. The van der Waals surface area contributed by atoms with Crippen LogP contribution in [0.2, 0.25) is 0 Å².